The van der Waals surface area contributed by atoms with Gasteiger partial charge in [0.25, 0.3) is 0 Å². The van der Waals surface area contributed by atoms with Crippen molar-refractivity contribution in [2.45, 2.75) is 51.8 Å². The highest BCUT2D eigenvalue weighted by Crippen LogP contribution is 2.18. The summed E-state index contributed by atoms with van der Waals surface area (Å²) in [6.45, 7) is 7.28. The van der Waals surface area contributed by atoms with E-state index in [1.165, 1.54) is 6.07 Å². The van der Waals surface area contributed by atoms with Crippen molar-refractivity contribution in [2.75, 3.05) is 13.1 Å². The number of ether oxygens (including phenoxy) is 1. The van der Waals surface area contributed by atoms with Gasteiger partial charge in [-0.2, -0.15) is 0 Å². The van der Waals surface area contributed by atoms with Crippen molar-refractivity contribution in [3.63, 3.8) is 0 Å². The predicted molar refractivity (Wildman–Crippen MR) is 84.0 cm³/mol. The summed E-state index contributed by atoms with van der Waals surface area (Å²) in [6, 6.07) is 4.29. The molecule has 0 saturated carbocycles. The maximum absolute atomic E-state index is 13.7. The zero-order valence-corrected chi connectivity index (χ0v) is 13.9. The number of hydrogen-bond donors (Lipinski definition) is 1. The van der Waals surface area contributed by atoms with Crippen LogP contribution in [0.3, 0.4) is 0 Å². The van der Waals surface area contributed by atoms with Crippen LogP contribution in [0.4, 0.5) is 13.6 Å². The second-order valence-corrected chi connectivity index (χ2v) is 6.91. The van der Waals surface area contributed by atoms with Crippen LogP contribution in [-0.4, -0.2) is 35.7 Å². The number of benzene rings is 1. The molecule has 1 aromatic carbocycles. The SMILES string of the molecule is CC(C)(C)OC(=O)NC1CCN(Cc2cccc(F)c2F)CC1. The first kappa shape index (κ1) is 17.7. The fraction of sp³-hybridized carbons (Fsp3) is 0.588. The Bertz CT molecular complexity index is 550. The molecule has 4 nitrogen and oxygen atoms in total. The number of amides is 1. The summed E-state index contributed by atoms with van der Waals surface area (Å²) in [5.41, 5.74) is -0.150. The van der Waals surface area contributed by atoms with Crippen LogP contribution in [0, 0.1) is 11.6 Å². The van der Waals surface area contributed by atoms with E-state index >= 15 is 0 Å². The van der Waals surface area contributed by atoms with Gasteiger partial charge in [0.05, 0.1) is 0 Å². The van der Waals surface area contributed by atoms with Gasteiger partial charge in [0, 0.05) is 31.2 Å². The molecule has 0 aliphatic carbocycles. The summed E-state index contributed by atoms with van der Waals surface area (Å²) >= 11 is 0. The molecular formula is C17H24F2N2O2. The Morgan fingerprint density at radius 2 is 1.96 bits per heavy atom. The summed E-state index contributed by atoms with van der Waals surface area (Å²) in [6.07, 6.45) is 1.11. The number of carbonyl (C=O) groups excluding carboxylic acids is 1. The van der Waals surface area contributed by atoms with E-state index in [1.54, 1.807) is 6.07 Å². The molecule has 0 unspecified atom stereocenters. The van der Waals surface area contributed by atoms with Crippen LogP contribution in [0.15, 0.2) is 18.2 Å². The Morgan fingerprint density at radius 1 is 1.30 bits per heavy atom. The lowest BCUT2D eigenvalue weighted by Gasteiger charge is -2.32. The first-order valence-corrected chi connectivity index (χ1v) is 7.89. The number of alkyl carbamates (subject to hydrolysis) is 1. The van der Waals surface area contributed by atoms with E-state index in [0.29, 0.717) is 12.1 Å². The van der Waals surface area contributed by atoms with Crippen LogP contribution < -0.4 is 5.32 Å². The minimum atomic E-state index is -0.816. The number of rotatable bonds is 3. The molecule has 0 radical (unpaired) electrons. The van der Waals surface area contributed by atoms with Crippen molar-refractivity contribution in [2.24, 2.45) is 0 Å². The smallest absolute Gasteiger partial charge is 0.407 e. The average molecular weight is 326 g/mol. The molecule has 0 bridgehead atoms. The zero-order chi connectivity index (χ0) is 17.0. The third kappa shape index (κ3) is 5.46. The number of carbonyl (C=O) groups is 1. The number of nitrogens with one attached hydrogen (secondary N) is 1. The fourth-order valence-corrected chi connectivity index (χ4v) is 2.62. The van der Waals surface area contributed by atoms with Crippen molar-refractivity contribution >= 4 is 6.09 Å². The Balaban J connectivity index is 1.80. The van der Waals surface area contributed by atoms with Crippen molar-refractivity contribution in [3.8, 4) is 0 Å². The van der Waals surface area contributed by atoms with Crippen molar-refractivity contribution in [3.05, 3.63) is 35.4 Å². The summed E-state index contributed by atoms with van der Waals surface area (Å²) < 4.78 is 32.1. The molecular weight excluding hydrogens is 302 g/mol. The van der Waals surface area contributed by atoms with Gasteiger partial charge in [0.2, 0.25) is 0 Å². The van der Waals surface area contributed by atoms with E-state index < -0.39 is 23.3 Å². The molecule has 2 rings (SSSR count). The fourth-order valence-electron chi connectivity index (χ4n) is 2.62. The van der Waals surface area contributed by atoms with E-state index in [-0.39, 0.29) is 6.04 Å². The van der Waals surface area contributed by atoms with Crippen molar-refractivity contribution in [1.29, 1.82) is 0 Å². The van der Waals surface area contributed by atoms with Crippen LogP contribution in [0.25, 0.3) is 0 Å². The van der Waals surface area contributed by atoms with Gasteiger partial charge in [-0.1, -0.05) is 12.1 Å². The topological polar surface area (TPSA) is 41.6 Å². The van der Waals surface area contributed by atoms with Crippen LogP contribution in [0.2, 0.25) is 0 Å². The number of likely N-dealkylation sites (tertiary alicyclic amines) is 1. The maximum atomic E-state index is 13.7. The van der Waals surface area contributed by atoms with E-state index in [4.69, 9.17) is 4.74 Å². The average Bonchev–Trinajstić information content (AvgIpc) is 2.44. The van der Waals surface area contributed by atoms with Gasteiger partial charge in [-0.25, -0.2) is 13.6 Å². The minimum Gasteiger partial charge on any atom is -0.444 e. The lowest BCUT2D eigenvalue weighted by atomic mass is 10.0. The van der Waals surface area contributed by atoms with Crippen molar-refractivity contribution in [1.82, 2.24) is 10.2 Å². The number of halogens is 2. The van der Waals surface area contributed by atoms with Gasteiger partial charge in [0.15, 0.2) is 11.6 Å². The standard InChI is InChI=1S/C17H24F2N2O2/c1-17(2,3)23-16(22)20-13-7-9-21(10-8-13)11-12-5-4-6-14(18)15(12)19/h4-6,13H,7-11H2,1-3H3,(H,20,22). The maximum Gasteiger partial charge on any atom is 0.407 e. The quantitative estimate of drug-likeness (QED) is 0.925. The van der Waals surface area contributed by atoms with E-state index in [2.05, 4.69) is 10.2 Å². The predicted octanol–water partition coefficient (Wildman–Crippen LogP) is 3.45. The van der Waals surface area contributed by atoms with Crippen molar-refractivity contribution < 1.29 is 18.3 Å². The molecule has 23 heavy (non-hydrogen) atoms. The number of nitrogens with zero attached hydrogens (tertiary/aromatic N) is 1. The molecule has 0 spiro atoms. The Kier molecular flexibility index (Phi) is 5.57. The van der Waals surface area contributed by atoms with Gasteiger partial charge in [-0.05, 0) is 39.7 Å². The largest absolute Gasteiger partial charge is 0.444 e. The van der Waals surface area contributed by atoms with Gasteiger partial charge in [-0.15, -0.1) is 0 Å². The van der Waals surface area contributed by atoms with E-state index in [0.717, 1.165) is 32.0 Å². The Morgan fingerprint density at radius 3 is 2.57 bits per heavy atom. The van der Waals surface area contributed by atoms with Crippen LogP contribution in [-0.2, 0) is 11.3 Å². The molecule has 1 N–H and O–H groups in total. The molecule has 1 amide bonds. The van der Waals surface area contributed by atoms with E-state index in [1.807, 2.05) is 20.8 Å². The zero-order valence-electron chi connectivity index (χ0n) is 13.9. The molecule has 0 atom stereocenters. The van der Waals surface area contributed by atoms with Crippen LogP contribution >= 0.6 is 0 Å². The molecule has 1 heterocycles. The summed E-state index contributed by atoms with van der Waals surface area (Å²) in [5, 5.41) is 2.86. The molecule has 1 aliphatic heterocycles. The lowest BCUT2D eigenvalue weighted by molar-refractivity contribution is 0.0477. The summed E-state index contributed by atoms with van der Waals surface area (Å²) in [7, 11) is 0. The first-order valence-electron chi connectivity index (χ1n) is 7.89. The molecule has 128 valence electrons. The van der Waals surface area contributed by atoms with Gasteiger partial charge >= 0.3 is 6.09 Å². The normalized spacial score (nSPS) is 17.1. The lowest BCUT2D eigenvalue weighted by Crippen LogP contribution is -2.45. The molecule has 1 aromatic rings. The molecule has 1 fully saturated rings. The van der Waals surface area contributed by atoms with Crippen LogP contribution in [0.5, 0.6) is 0 Å². The Hall–Kier alpha value is -1.69. The van der Waals surface area contributed by atoms with E-state index in [9.17, 15) is 13.6 Å². The monoisotopic (exact) mass is 326 g/mol. The molecule has 1 aliphatic rings. The minimum absolute atomic E-state index is 0.0541. The molecule has 6 heteroatoms. The summed E-state index contributed by atoms with van der Waals surface area (Å²) in [5.74, 6) is -1.59. The molecule has 1 saturated heterocycles. The number of piperidine rings is 1. The third-order valence-electron chi connectivity index (χ3n) is 3.73. The van der Waals surface area contributed by atoms with Crippen LogP contribution in [0.1, 0.15) is 39.2 Å². The molecule has 0 aromatic heterocycles. The Labute approximate surface area is 135 Å². The number of hydrogen-bond acceptors (Lipinski definition) is 3. The summed E-state index contributed by atoms with van der Waals surface area (Å²) in [4.78, 5) is 13.8. The van der Waals surface area contributed by atoms with Gasteiger partial charge in [0.1, 0.15) is 5.60 Å². The second-order valence-electron chi connectivity index (χ2n) is 6.91. The first-order chi connectivity index (χ1) is 10.7. The third-order valence-corrected chi connectivity index (χ3v) is 3.73. The second kappa shape index (κ2) is 7.25. The van der Waals surface area contributed by atoms with Gasteiger partial charge < -0.3 is 10.1 Å². The highest BCUT2D eigenvalue weighted by atomic mass is 19.2. The highest BCUT2D eigenvalue weighted by Gasteiger charge is 2.24. The van der Waals surface area contributed by atoms with Gasteiger partial charge in [-0.3, -0.25) is 4.90 Å². The highest BCUT2D eigenvalue weighted by molar-refractivity contribution is 5.68.